The maximum Gasteiger partial charge on any atom is 0.312 e. The van der Waals surface area contributed by atoms with E-state index in [4.69, 9.17) is 15.9 Å². The van der Waals surface area contributed by atoms with Crippen LogP contribution in [0.15, 0.2) is 66.7 Å². The number of amides is 2. The van der Waals surface area contributed by atoms with Gasteiger partial charge in [-0.2, -0.15) is 0 Å². The number of nitrogens with one attached hydrogen (secondary N) is 1. The second-order valence-electron chi connectivity index (χ2n) is 8.61. The lowest BCUT2D eigenvalue weighted by molar-refractivity contribution is -0.159. The molecule has 1 atom stereocenters. The molecule has 36 heavy (non-hydrogen) atoms. The van der Waals surface area contributed by atoms with Crippen molar-refractivity contribution in [2.24, 2.45) is 5.73 Å². The minimum atomic E-state index is -1.04. The van der Waals surface area contributed by atoms with E-state index < -0.39 is 23.8 Å². The number of carbonyl (C=O) groups excluding carboxylic acids is 2. The van der Waals surface area contributed by atoms with Crippen LogP contribution in [-0.4, -0.2) is 64.8 Å². The third-order valence-corrected chi connectivity index (χ3v) is 6.27. The Bertz CT molecular complexity index is 1290. The Labute approximate surface area is 208 Å². The number of nitrogens with zero attached hydrogens (tertiary/aromatic N) is 2. The molecule has 0 aromatic heterocycles. The predicted molar refractivity (Wildman–Crippen MR) is 135 cm³/mol. The zero-order chi connectivity index (χ0) is 25.7. The van der Waals surface area contributed by atoms with Crippen LogP contribution in [-0.2, 0) is 14.4 Å². The summed E-state index contributed by atoms with van der Waals surface area (Å²) in [6, 6.07) is 19.3. The van der Waals surface area contributed by atoms with Crippen molar-refractivity contribution < 1.29 is 24.2 Å². The molecule has 9 nitrogen and oxygen atoms in total. The van der Waals surface area contributed by atoms with Gasteiger partial charge >= 0.3 is 17.8 Å². The van der Waals surface area contributed by atoms with E-state index in [0.29, 0.717) is 43.0 Å². The Kier molecular flexibility index (Phi) is 7.48. The second-order valence-corrected chi connectivity index (χ2v) is 8.61. The fourth-order valence-corrected chi connectivity index (χ4v) is 4.47. The third-order valence-electron chi connectivity index (χ3n) is 6.27. The van der Waals surface area contributed by atoms with E-state index in [1.54, 1.807) is 24.3 Å². The lowest BCUT2D eigenvalue weighted by atomic mass is 9.95. The number of nitrogens with two attached hydrogens (primary N) is 1. The minimum absolute atomic E-state index is 0.0186. The molecule has 0 radical (unpaired) electrons. The van der Waals surface area contributed by atoms with Crippen molar-refractivity contribution in [3.8, 4) is 5.75 Å². The normalized spacial score (nSPS) is 14.7. The molecule has 4 rings (SSSR count). The van der Waals surface area contributed by atoms with Gasteiger partial charge < -0.3 is 25.4 Å². The molecule has 1 unspecified atom stereocenters. The zero-order valence-corrected chi connectivity index (χ0v) is 19.7. The number of nitrogen functional groups attached to an aromatic ring is 1. The van der Waals surface area contributed by atoms with Gasteiger partial charge in [0.15, 0.2) is 0 Å². The summed E-state index contributed by atoms with van der Waals surface area (Å²) < 4.78 is 5.69. The van der Waals surface area contributed by atoms with Crippen LogP contribution in [0.4, 0.5) is 0 Å². The Balaban J connectivity index is 1.39. The summed E-state index contributed by atoms with van der Waals surface area (Å²) in [7, 11) is 0. The summed E-state index contributed by atoms with van der Waals surface area (Å²) in [5, 5.41) is 18.8. The van der Waals surface area contributed by atoms with Gasteiger partial charge in [0.05, 0.1) is 19.1 Å². The number of hydrogen-bond acceptors (Lipinski definition) is 5. The predicted octanol–water partition coefficient (Wildman–Crippen LogP) is 2.78. The summed E-state index contributed by atoms with van der Waals surface area (Å²) in [5.74, 6) is -1.76. The maximum absolute atomic E-state index is 13.1. The van der Waals surface area contributed by atoms with E-state index in [0.717, 1.165) is 10.8 Å². The van der Waals surface area contributed by atoms with Crippen LogP contribution in [0.2, 0.25) is 0 Å². The molecule has 0 saturated carbocycles. The van der Waals surface area contributed by atoms with Crippen molar-refractivity contribution in [2.45, 2.75) is 18.9 Å². The van der Waals surface area contributed by atoms with Crippen molar-refractivity contribution in [2.75, 3.05) is 26.2 Å². The van der Waals surface area contributed by atoms with Crippen LogP contribution >= 0.6 is 0 Å². The Morgan fingerprint density at radius 1 is 1.00 bits per heavy atom. The highest BCUT2D eigenvalue weighted by atomic mass is 16.5. The van der Waals surface area contributed by atoms with Crippen molar-refractivity contribution in [3.05, 3.63) is 77.9 Å². The number of fused-ring (bicyclic) bond motifs is 1. The fourth-order valence-electron chi connectivity index (χ4n) is 4.47. The van der Waals surface area contributed by atoms with E-state index in [1.165, 1.54) is 9.80 Å². The molecule has 0 bridgehead atoms. The number of benzene rings is 3. The molecule has 3 aromatic rings. The molecule has 1 aliphatic rings. The van der Waals surface area contributed by atoms with Crippen molar-refractivity contribution in [1.29, 1.82) is 5.41 Å². The zero-order valence-electron chi connectivity index (χ0n) is 19.7. The number of carboxylic acid groups (broad SMARTS) is 1. The van der Waals surface area contributed by atoms with Crippen LogP contribution in [0.3, 0.4) is 0 Å². The standard InChI is InChI=1S/C27H28N4O5/c28-25(29)19-9-11-20(12-10-19)36-16-4-13-30-14-15-31(27(35)26(30)34)23(17-24(32)33)22-8-3-6-18-5-1-2-7-21(18)22/h1-3,5-12,23H,4,13-17H2,(H3,28,29)(H,32,33). The van der Waals surface area contributed by atoms with Crippen LogP contribution < -0.4 is 10.5 Å². The van der Waals surface area contributed by atoms with E-state index in [2.05, 4.69) is 0 Å². The van der Waals surface area contributed by atoms with Crippen LogP contribution in [0, 0.1) is 5.41 Å². The van der Waals surface area contributed by atoms with Gasteiger partial charge in [0.2, 0.25) is 0 Å². The highest BCUT2D eigenvalue weighted by molar-refractivity contribution is 6.35. The quantitative estimate of drug-likeness (QED) is 0.174. The highest BCUT2D eigenvalue weighted by Gasteiger charge is 2.38. The van der Waals surface area contributed by atoms with Crippen LogP contribution in [0.5, 0.6) is 5.75 Å². The molecule has 1 heterocycles. The van der Waals surface area contributed by atoms with E-state index in [-0.39, 0.29) is 18.8 Å². The van der Waals surface area contributed by atoms with Gasteiger partial charge in [0.1, 0.15) is 11.6 Å². The lowest BCUT2D eigenvalue weighted by Gasteiger charge is -2.38. The van der Waals surface area contributed by atoms with Gasteiger partial charge in [-0.3, -0.25) is 19.8 Å². The maximum atomic E-state index is 13.1. The van der Waals surface area contributed by atoms with Crippen LogP contribution in [0.25, 0.3) is 10.8 Å². The molecule has 1 saturated heterocycles. The Morgan fingerprint density at radius 2 is 1.72 bits per heavy atom. The van der Waals surface area contributed by atoms with E-state index in [1.807, 2.05) is 42.5 Å². The first-order valence-corrected chi connectivity index (χ1v) is 11.7. The number of rotatable bonds is 10. The van der Waals surface area contributed by atoms with Gasteiger partial charge in [0.25, 0.3) is 0 Å². The molecule has 1 aliphatic heterocycles. The van der Waals surface area contributed by atoms with Gasteiger partial charge in [-0.15, -0.1) is 0 Å². The molecule has 9 heteroatoms. The number of carbonyl (C=O) groups is 3. The molecule has 0 aliphatic carbocycles. The first-order valence-electron chi connectivity index (χ1n) is 11.7. The minimum Gasteiger partial charge on any atom is -0.494 e. The molecule has 1 fully saturated rings. The average molecular weight is 489 g/mol. The smallest absolute Gasteiger partial charge is 0.312 e. The summed E-state index contributed by atoms with van der Waals surface area (Å²) in [5.41, 5.74) is 6.77. The Hall–Kier alpha value is -4.40. The van der Waals surface area contributed by atoms with Crippen molar-refractivity contribution in [1.82, 2.24) is 9.80 Å². The SMILES string of the molecule is N=C(N)c1ccc(OCCCN2CCN(C(CC(=O)O)c3cccc4ccccc34)C(=O)C2=O)cc1. The Morgan fingerprint density at radius 3 is 2.44 bits per heavy atom. The number of carboxylic acids is 1. The van der Waals surface area contributed by atoms with Gasteiger partial charge in [-0.25, -0.2) is 0 Å². The molecule has 0 spiro atoms. The lowest BCUT2D eigenvalue weighted by Crippen LogP contribution is -2.55. The molecule has 3 aromatic carbocycles. The number of piperazine rings is 1. The van der Waals surface area contributed by atoms with E-state index >= 15 is 0 Å². The molecule has 2 amide bonds. The number of ether oxygens (including phenoxy) is 1. The summed E-state index contributed by atoms with van der Waals surface area (Å²) in [6.07, 6.45) is 0.235. The summed E-state index contributed by atoms with van der Waals surface area (Å²) in [6.45, 7) is 1.26. The first-order chi connectivity index (χ1) is 17.3. The first kappa shape index (κ1) is 24.7. The van der Waals surface area contributed by atoms with Gasteiger partial charge in [-0.1, -0.05) is 42.5 Å². The highest BCUT2D eigenvalue weighted by Crippen LogP contribution is 2.32. The fraction of sp³-hybridized carbons (Fsp3) is 0.259. The van der Waals surface area contributed by atoms with Gasteiger partial charge in [0, 0.05) is 25.2 Å². The molecular weight excluding hydrogens is 460 g/mol. The van der Waals surface area contributed by atoms with Crippen LogP contribution in [0.1, 0.15) is 30.0 Å². The summed E-state index contributed by atoms with van der Waals surface area (Å²) in [4.78, 5) is 40.6. The molecule has 4 N–H and O–H groups in total. The third kappa shape index (κ3) is 5.46. The van der Waals surface area contributed by atoms with Crippen molar-refractivity contribution >= 4 is 34.4 Å². The largest absolute Gasteiger partial charge is 0.494 e. The second kappa shape index (κ2) is 10.9. The molecular formula is C27H28N4O5. The number of hydrogen-bond donors (Lipinski definition) is 3. The number of aliphatic carboxylic acids is 1. The van der Waals surface area contributed by atoms with Gasteiger partial charge in [-0.05, 0) is 47.0 Å². The number of amidine groups is 1. The monoisotopic (exact) mass is 488 g/mol. The average Bonchev–Trinajstić information content (AvgIpc) is 2.87. The molecule has 186 valence electrons. The summed E-state index contributed by atoms with van der Waals surface area (Å²) >= 11 is 0. The van der Waals surface area contributed by atoms with E-state index in [9.17, 15) is 19.5 Å². The topological polar surface area (TPSA) is 137 Å². The van der Waals surface area contributed by atoms with Crippen molar-refractivity contribution in [3.63, 3.8) is 0 Å².